The van der Waals surface area contributed by atoms with E-state index in [2.05, 4.69) is 10.6 Å². The first-order valence-corrected chi connectivity index (χ1v) is 6.13. The molecule has 1 heterocycles. The quantitative estimate of drug-likeness (QED) is 0.884. The minimum atomic E-state index is -4.51. The summed E-state index contributed by atoms with van der Waals surface area (Å²) in [7, 11) is 0. The lowest BCUT2D eigenvalue weighted by Crippen LogP contribution is -2.31. The molecule has 1 unspecified atom stereocenters. The molecule has 0 aromatic heterocycles. The van der Waals surface area contributed by atoms with Crippen molar-refractivity contribution < 1.29 is 18.0 Å². The smallest absolute Gasteiger partial charge is 0.352 e. The second-order valence-electron chi connectivity index (χ2n) is 4.61. The van der Waals surface area contributed by atoms with Crippen LogP contribution in [-0.2, 0) is 6.18 Å². The Morgan fingerprint density at radius 2 is 2.11 bits per heavy atom. The van der Waals surface area contributed by atoms with Gasteiger partial charge in [0.25, 0.3) is 5.91 Å². The number of hydrogen-bond donors (Lipinski definition) is 2. The van der Waals surface area contributed by atoms with Gasteiger partial charge in [0, 0.05) is 6.54 Å². The van der Waals surface area contributed by atoms with E-state index in [-0.39, 0.29) is 5.56 Å². The summed E-state index contributed by atoms with van der Waals surface area (Å²) in [4.78, 5) is 11.8. The fourth-order valence-corrected chi connectivity index (χ4v) is 2.15. The molecule has 6 heteroatoms. The number of rotatable bonds is 3. The summed E-state index contributed by atoms with van der Waals surface area (Å²) in [5, 5.41) is 5.71. The van der Waals surface area contributed by atoms with Crippen LogP contribution in [0.1, 0.15) is 22.3 Å². The molecule has 0 spiro atoms. The van der Waals surface area contributed by atoms with Crippen molar-refractivity contribution >= 4 is 5.91 Å². The summed E-state index contributed by atoms with van der Waals surface area (Å²) >= 11 is 0. The van der Waals surface area contributed by atoms with Gasteiger partial charge in [0.05, 0.1) is 11.1 Å². The van der Waals surface area contributed by atoms with Crippen LogP contribution in [0.4, 0.5) is 13.2 Å². The number of carbonyl (C=O) groups excluding carboxylic acids is 1. The highest BCUT2D eigenvalue weighted by atomic mass is 19.4. The van der Waals surface area contributed by atoms with Gasteiger partial charge in [-0.3, -0.25) is 4.79 Å². The first-order chi connectivity index (χ1) is 8.98. The van der Waals surface area contributed by atoms with Crippen LogP contribution < -0.4 is 10.6 Å². The van der Waals surface area contributed by atoms with Gasteiger partial charge >= 0.3 is 6.18 Å². The molecule has 1 amide bonds. The van der Waals surface area contributed by atoms with Gasteiger partial charge in [0.2, 0.25) is 0 Å². The molecule has 1 saturated heterocycles. The van der Waals surface area contributed by atoms with Gasteiger partial charge in [-0.25, -0.2) is 0 Å². The standard InChI is InChI=1S/C13H15F3N2O/c14-13(15,16)11-4-2-1-3-10(11)12(19)18-8-9-5-6-17-7-9/h1-4,9,17H,5-8H2,(H,18,19). The number of benzene rings is 1. The Kier molecular flexibility index (Phi) is 4.09. The SMILES string of the molecule is O=C(NCC1CCNC1)c1ccccc1C(F)(F)F. The molecule has 0 saturated carbocycles. The number of carbonyl (C=O) groups is 1. The van der Waals surface area contributed by atoms with E-state index in [0.717, 1.165) is 25.6 Å². The van der Waals surface area contributed by atoms with Crippen molar-refractivity contribution in [2.45, 2.75) is 12.6 Å². The first-order valence-electron chi connectivity index (χ1n) is 6.13. The van der Waals surface area contributed by atoms with E-state index in [1.807, 2.05) is 0 Å². The summed E-state index contributed by atoms with van der Waals surface area (Å²) in [5.41, 5.74) is -1.21. The van der Waals surface area contributed by atoms with E-state index >= 15 is 0 Å². The van der Waals surface area contributed by atoms with Crippen molar-refractivity contribution in [1.29, 1.82) is 0 Å². The van der Waals surface area contributed by atoms with E-state index in [1.165, 1.54) is 18.2 Å². The van der Waals surface area contributed by atoms with Gasteiger partial charge in [-0.1, -0.05) is 12.1 Å². The lowest BCUT2D eigenvalue weighted by atomic mass is 10.1. The molecule has 2 N–H and O–H groups in total. The Bertz CT molecular complexity index is 453. The molecule has 0 aliphatic carbocycles. The van der Waals surface area contributed by atoms with Gasteiger partial charge in [-0.15, -0.1) is 0 Å². The number of alkyl halides is 3. The zero-order valence-corrected chi connectivity index (χ0v) is 10.3. The molecule has 0 bridgehead atoms. The van der Waals surface area contributed by atoms with Crippen molar-refractivity contribution in [1.82, 2.24) is 10.6 Å². The average molecular weight is 272 g/mol. The van der Waals surface area contributed by atoms with Crippen LogP contribution in [0.2, 0.25) is 0 Å². The van der Waals surface area contributed by atoms with Crippen molar-refractivity contribution in [2.24, 2.45) is 5.92 Å². The van der Waals surface area contributed by atoms with Gasteiger partial charge < -0.3 is 10.6 Å². The maximum atomic E-state index is 12.8. The van der Waals surface area contributed by atoms with E-state index < -0.39 is 17.6 Å². The van der Waals surface area contributed by atoms with Crippen LogP contribution >= 0.6 is 0 Å². The fraction of sp³-hybridized carbons (Fsp3) is 0.462. The van der Waals surface area contributed by atoms with Crippen LogP contribution in [0.5, 0.6) is 0 Å². The number of hydrogen-bond acceptors (Lipinski definition) is 2. The highest BCUT2D eigenvalue weighted by molar-refractivity contribution is 5.95. The largest absolute Gasteiger partial charge is 0.417 e. The number of amides is 1. The van der Waals surface area contributed by atoms with Crippen molar-refractivity contribution in [2.75, 3.05) is 19.6 Å². The molecule has 0 radical (unpaired) electrons. The van der Waals surface area contributed by atoms with Gasteiger partial charge in [-0.2, -0.15) is 13.2 Å². The number of halogens is 3. The summed E-state index contributed by atoms with van der Waals surface area (Å²) < 4.78 is 38.3. The van der Waals surface area contributed by atoms with E-state index in [4.69, 9.17) is 0 Å². The van der Waals surface area contributed by atoms with Gasteiger partial charge in [-0.05, 0) is 37.6 Å². The monoisotopic (exact) mass is 272 g/mol. The van der Waals surface area contributed by atoms with E-state index in [9.17, 15) is 18.0 Å². The Hall–Kier alpha value is -1.56. The normalized spacial score (nSPS) is 19.4. The van der Waals surface area contributed by atoms with Gasteiger partial charge in [0.15, 0.2) is 0 Å². The van der Waals surface area contributed by atoms with Crippen LogP contribution in [-0.4, -0.2) is 25.5 Å². The summed E-state index contributed by atoms with van der Waals surface area (Å²) in [6.45, 7) is 2.08. The molecule has 104 valence electrons. The van der Waals surface area contributed by atoms with Gasteiger partial charge in [0.1, 0.15) is 0 Å². The Morgan fingerprint density at radius 3 is 2.74 bits per heavy atom. The second kappa shape index (κ2) is 5.61. The maximum absolute atomic E-state index is 12.8. The van der Waals surface area contributed by atoms with E-state index in [1.54, 1.807) is 0 Å². The Balaban J connectivity index is 2.06. The van der Waals surface area contributed by atoms with Crippen LogP contribution in [0, 0.1) is 5.92 Å². The topological polar surface area (TPSA) is 41.1 Å². The summed E-state index contributed by atoms with van der Waals surface area (Å²) in [6, 6.07) is 4.83. The third-order valence-electron chi connectivity index (χ3n) is 3.19. The highest BCUT2D eigenvalue weighted by Crippen LogP contribution is 2.31. The predicted molar refractivity (Wildman–Crippen MR) is 64.8 cm³/mol. The fourth-order valence-electron chi connectivity index (χ4n) is 2.15. The molecule has 2 rings (SSSR count). The molecule has 1 aliphatic heterocycles. The highest BCUT2D eigenvalue weighted by Gasteiger charge is 2.34. The zero-order valence-electron chi connectivity index (χ0n) is 10.3. The zero-order chi connectivity index (χ0) is 13.9. The third kappa shape index (κ3) is 3.47. The lowest BCUT2D eigenvalue weighted by molar-refractivity contribution is -0.137. The average Bonchev–Trinajstić information content (AvgIpc) is 2.88. The molecule has 1 fully saturated rings. The summed E-state index contributed by atoms with van der Waals surface area (Å²) in [6.07, 6.45) is -3.58. The Labute approximate surface area is 109 Å². The van der Waals surface area contributed by atoms with Crippen molar-refractivity contribution in [3.63, 3.8) is 0 Å². The van der Waals surface area contributed by atoms with E-state index in [0.29, 0.717) is 12.5 Å². The lowest BCUT2D eigenvalue weighted by Gasteiger charge is -2.14. The van der Waals surface area contributed by atoms with Crippen LogP contribution in [0.15, 0.2) is 24.3 Å². The second-order valence-corrected chi connectivity index (χ2v) is 4.61. The molecule has 1 aromatic rings. The molecule has 1 aromatic carbocycles. The third-order valence-corrected chi connectivity index (χ3v) is 3.19. The predicted octanol–water partition coefficient (Wildman–Crippen LogP) is 2.04. The minimum Gasteiger partial charge on any atom is -0.352 e. The minimum absolute atomic E-state index is 0.294. The molecular weight excluding hydrogens is 257 g/mol. The van der Waals surface area contributed by atoms with Crippen LogP contribution in [0.25, 0.3) is 0 Å². The first kappa shape index (κ1) is 13.9. The Morgan fingerprint density at radius 1 is 1.37 bits per heavy atom. The summed E-state index contributed by atoms with van der Waals surface area (Å²) in [5.74, 6) is -0.373. The van der Waals surface area contributed by atoms with Crippen molar-refractivity contribution in [3.05, 3.63) is 35.4 Å². The van der Waals surface area contributed by atoms with Crippen molar-refractivity contribution in [3.8, 4) is 0 Å². The molecule has 1 atom stereocenters. The molecular formula is C13H15F3N2O. The maximum Gasteiger partial charge on any atom is 0.417 e. The molecule has 3 nitrogen and oxygen atoms in total. The molecule has 1 aliphatic rings. The molecule has 19 heavy (non-hydrogen) atoms. The van der Waals surface area contributed by atoms with Crippen LogP contribution in [0.3, 0.4) is 0 Å². The number of nitrogens with one attached hydrogen (secondary N) is 2.